The molecule has 24 heavy (non-hydrogen) atoms. The van der Waals surface area contributed by atoms with Gasteiger partial charge in [0, 0.05) is 18.5 Å². The third-order valence-electron chi connectivity index (χ3n) is 4.73. The lowest BCUT2D eigenvalue weighted by atomic mass is 9.96. The molecule has 0 aliphatic heterocycles. The minimum absolute atomic E-state index is 0.0596. The van der Waals surface area contributed by atoms with Gasteiger partial charge in [-0.05, 0) is 36.0 Å². The van der Waals surface area contributed by atoms with Crippen LogP contribution in [0.15, 0.2) is 54.6 Å². The predicted octanol–water partition coefficient (Wildman–Crippen LogP) is 2.75. The van der Waals surface area contributed by atoms with Crippen molar-refractivity contribution in [2.24, 2.45) is 0 Å². The number of hydrogen-bond acceptors (Lipinski definition) is 2. The van der Waals surface area contributed by atoms with Gasteiger partial charge in [0.05, 0.1) is 6.61 Å². The molecule has 2 aromatic rings. The summed E-state index contributed by atoms with van der Waals surface area (Å²) in [4.78, 5) is 12.0. The van der Waals surface area contributed by atoms with Crippen molar-refractivity contribution in [3.63, 3.8) is 0 Å². The van der Waals surface area contributed by atoms with E-state index in [0.29, 0.717) is 13.1 Å². The van der Waals surface area contributed by atoms with Crippen LogP contribution in [-0.4, -0.2) is 24.2 Å². The first kappa shape index (κ1) is 16.5. The molecule has 0 bridgehead atoms. The maximum absolute atomic E-state index is 12.0. The molecule has 0 unspecified atom stereocenters. The summed E-state index contributed by atoms with van der Waals surface area (Å²) in [6.07, 6.45) is 3.05. The van der Waals surface area contributed by atoms with E-state index < -0.39 is 0 Å². The van der Waals surface area contributed by atoms with Gasteiger partial charge in [-0.25, -0.2) is 4.79 Å². The number of nitrogens with one attached hydrogen (secondary N) is 2. The van der Waals surface area contributed by atoms with Crippen molar-refractivity contribution >= 4 is 6.03 Å². The summed E-state index contributed by atoms with van der Waals surface area (Å²) in [7, 11) is 0. The van der Waals surface area contributed by atoms with Gasteiger partial charge in [0.2, 0.25) is 0 Å². The van der Waals surface area contributed by atoms with Crippen LogP contribution in [0.25, 0.3) is 0 Å². The molecule has 4 heteroatoms. The summed E-state index contributed by atoms with van der Waals surface area (Å²) in [5.41, 5.74) is 3.50. The highest BCUT2D eigenvalue weighted by Crippen LogP contribution is 2.47. The molecule has 4 nitrogen and oxygen atoms in total. The molecule has 3 N–H and O–H groups in total. The quantitative estimate of drug-likeness (QED) is 0.733. The average molecular weight is 324 g/mol. The van der Waals surface area contributed by atoms with E-state index in [0.717, 1.165) is 30.4 Å². The standard InChI is InChI=1S/C20H24N2O2/c23-14-17-8-6-16(7-9-17)10-13-21-19(24)22-15-20(11-12-20)18-4-2-1-3-5-18/h1-9,23H,10-15H2,(H2,21,22,24). The number of rotatable bonds is 7. The van der Waals surface area contributed by atoms with E-state index in [1.807, 2.05) is 30.3 Å². The number of carbonyl (C=O) groups is 1. The van der Waals surface area contributed by atoms with E-state index >= 15 is 0 Å². The minimum Gasteiger partial charge on any atom is -0.392 e. The van der Waals surface area contributed by atoms with Gasteiger partial charge in [0.25, 0.3) is 0 Å². The monoisotopic (exact) mass is 324 g/mol. The Bertz CT molecular complexity index is 664. The Hall–Kier alpha value is -2.33. The fraction of sp³-hybridized carbons (Fsp3) is 0.350. The van der Waals surface area contributed by atoms with Gasteiger partial charge in [-0.1, -0.05) is 54.6 Å². The smallest absolute Gasteiger partial charge is 0.314 e. The van der Waals surface area contributed by atoms with Crippen LogP contribution in [0.3, 0.4) is 0 Å². The van der Waals surface area contributed by atoms with Crippen molar-refractivity contribution in [2.45, 2.75) is 31.3 Å². The fourth-order valence-electron chi connectivity index (χ4n) is 2.95. The molecule has 3 rings (SSSR count). The molecule has 1 aliphatic rings. The number of hydrogen-bond donors (Lipinski definition) is 3. The Kier molecular flexibility index (Phi) is 5.16. The molecule has 2 amide bonds. The molecule has 1 fully saturated rings. The highest BCUT2D eigenvalue weighted by atomic mass is 16.3. The Morgan fingerprint density at radius 2 is 1.62 bits per heavy atom. The number of carbonyl (C=O) groups excluding carboxylic acids is 1. The van der Waals surface area contributed by atoms with Gasteiger partial charge in [-0.3, -0.25) is 0 Å². The van der Waals surface area contributed by atoms with E-state index in [-0.39, 0.29) is 18.1 Å². The first-order valence-electron chi connectivity index (χ1n) is 8.48. The van der Waals surface area contributed by atoms with E-state index in [1.165, 1.54) is 5.56 Å². The molecule has 0 atom stereocenters. The molecule has 0 aromatic heterocycles. The fourth-order valence-corrected chi connectivity index (χ4v) is 2.95. The number of amides is 2. The molecule has 126 valence electrons. The average Bonchev–Trinajstić information content (AvgIpc) is 3.43. The Labute approximate surface area is 142 Å². The van der Waals surface area contributed by atoms with Crippen molar-refractivity contribution in [1.29, 1.82) is 0 Å². The van der Waals surface area contributed by atoms with Crippen molar-refractivity contribution in [2.75, 3.05) is 13.1 Å². The van der Waals surface area contributed by atoms with Crippen molar-refractivity contribution in [3.8, 4) is 0 Å². The maximum atomic E-state index is 12.0. The molecular formula is C20H24N2O2. The van der Waals surface area contributed by atoms with E-state index in [1.54, 1.807) is 0 Å². The van der Waals surface area contributed by atoms with Crippen molar-refractivity contribution in [3.05, 3.63) is 71.3 Å². The largest absolute Gasteiger partial charge is 0.392 e. The topological polar surface area (TPSA) is 61.4 Å². The molecule has 0 heterocycles. The predicted molar refractivity (Wildman–Crippen MR) is 94.8 cm³/mol. The van der Waals surface area contributed by atoms with Crippen LogP contribution in [0.1, 0.15) is 29.5 Å². The Morgan fingerprint density at radius 1 is 0.958 bits per heavy atom. The zero-order valence-corrected chi connectivity index (χ0v) is 13.8. The second kappa shape index (κ2) is 7.49. The molecule has 0 radical (unpaired) electrons. The third kappa shape index (κ3) is 4.15. The molecule has 1 aliphatic carbocycles. The van der Waals surface area contributed by atoms with Gasteiger partial charge in [0.15, 0.2) is 0 Å². The van der Waals surface area contributed by atoms with Gasteiger partial charge in [-0.15, -0.1) is 0 Å². The summed E-state index contributed by atoms with van der Waals surface area (Å²) < 4.78 is 0. The number of benzene rings is 2. The highest BCUT2D eigenvalue weighted by molar-refractivity contribution is 5.74. The summed E-state index contributed by atoms with van der Waals surface area (Å²) in [6, 6.07) is 18.1. The van der Waals surface area contributed by atoms with E-state index in [9.17, 15) is 4.79 Å². The molecule has 0 spiro atoms. The Morgan fingerprint density at radius 3 is 2.25 bits per heavy atom. The van der Waals surface area contributed by atoms with E-state index in [2.05, 4.69) is 34.9 Å². The van der Waals surface area contributed by atoms with Gasteiger partial charge in [-0.2, -0.15) is 0 Å². The van der Waals surface area contributed by atoms with Crippen LogP contribution in [0.5, 0.6) is 0 Å². The highest BCUT2D eigenvalue weighted by Gasteiger charge is 2.44. The van der Waals surface area contributed by atoms with Crippen LogP contribution in [0.4, 0.5) is 4.79 Å². The molecule has 1 saturated carbocycles. The summed E-state index contributed by atoms with van der Waals surface area (Å²) in [6.45, 7) is 1.35. The first-order valence-corrected chi connectivity index (χ1v) is 8.48. The minimum atomic E-state index is -0.107. The van der Waals surface area contributed by atoms with Crippen LogP contribution >= 0.6 is 0 Å². The van der Waals surface area contributed by atoms with Crippen molar-refractivity contribution in [1.82, 2.24) is 10.6 Å². The van der Waals surface area contributed by atoms with Crippen LogP contribution < -0.4 is 10.6 Å². The summed E-state index contributed by atoms with van der Waals surface area (Å²) >= 11 is 0. The summed E-state index contributed by atoms with van der Waals surface area (Å²) in [5, 5.41) is 14.9. The lowest BCUT2D eigenvalue weighted by Crippen LogP contribution is -2.40. The normalized spacial score (nSPS) is 14.9. The lowest BCUT2D eigenvalue weighted by Gasteiger charge is -2.17. The Balaban J connectivity index is 1.40. The first-order chi connectivity index (χ1) is 11.7. The van der Waals surface area contributed by atoms with E-state index in [4.69, 9.17) is 5.11 Å². The van der Waals surface area contributed by atoms with Crippen LogP contribution in [0.2, 0.25) is 0 Å². The SMILES string of the molecule is O=C(NCCc1ccc(CO)cc1)NCC1(c2ccccc2)CC1. The summed E-state index contributed by atoms with van der Waals surface area (Å²) in [5.74, 6) is 0. The zero-order chi connectivity index (χ0) is 16.8. The van der Waals surface area contributed by atoms with Gasteiger partial charge >= 0.3 is 6.03 Å². The zero-order valence-electron chi connectivity index (χ0n) is 13.8. The maximum Gasteiger partial charge on any atom is 0.314 e. The lowest BCUT2D eigenvalue weighted by molar-refractivity contribution is 0.240. The second-order valence-corrected chi connectivity index (χ2v) is 6.48. The van der Waals surface area contributed by atoms with Gasteiger partial charge in [0.1, 0.15) is 0 Å². The van der Waals surface area contributed by atoms with Gasteiger partial charge < -0.3 is 15.7 Å². The second-order valence-electron chi connectivity index (χ2n) is 6.48. The molecule has 2 aromatic carbocycles. The van der Waals surface area contributed by atoms with Crippen molar-refractivity contribution < 1.29 is 9.90 Å². The number of aliphatic hydroxyl groups is 1. The number of urea groups is 1. The molecule has 0 saturated heterocycles. The molecular weight excluding hydrogens is 300 g/mol. The third-order valence-corrected chi connectivity index (χ3v) is 4.73. The van der Waals surface area contributed by atoms with Crippen LogP contribution in [0, 0.1) is 0 Å². The van der Waals surface area contributed by atoms with Crippen LogP contribution in [-0.2, 0) is 18.4 Å². The number of aliphatic hydroxyl groups excluding tert-OH is 1.